The lowest BCUT2D eigenvalue weighted by molar-refractivity contribution is -0.116. The number of allylic oxidation sites excluding steroid dienone is 2. The minimum Gasteiger partial charge on any atom is -0.367 e. The van der Waals surface area contributed by atoms with Gasteiger partial charge < -0.3 is 4.90 Å². The number of ketones is 2. The molecule has 0 atom stereocenters. The average Bonchev–Trinajstić information content (AvgIpc) is 2.73. The zero-order valence-electron chi connectivity index (χ0n) is 16.2. The van der Waals surface area contributed by atoms with E-state index in [0.29, 0.717) is 24.3 Å². The van der Waals surface area contributed by atoms with E-state index < -0.39 is 11.7 Å². The first-order valence-electron chi connectivity index (χ1n) is 9.73. The molecule has 1 fully saturated rings. The summed E-state index contributed by atoms with van der Waals surface area (Å²) in [5.41, 5.74) is 1.29. The van der Waals surface area contributed by atoms with E-state index in [1.807, 2.05) is 4.90 Å². The molecule has 1 aliphatic heterocycles. The molecule has 2 aliphatic rings. The standard InChI is InChI=1S/C23H21FN2O3/c1-15(27)26(17-11-9-16(24)10-12-17)21-20(25-13-5-2-6-14-25)22(28)18-7-3-4-8-19(18)23(21)29/h3-4,7-12H,2,5-6,13-14H2,1H3. The van der Waals surface area contributed by atoms with Crippen molar-refractivity contribution in [3.8, 4) is 0 Å². The highest BCUT2D eigenvalue weighted by atomic mass is 19.1. The molecule has 0 spiro atoms. The van der Waals surface area contributed by atoms with Crippen LogP contribution < -0.4 is 4.90 Å². The van der Waals surface area contributed by atoms with Crippen LogP contribution in [0.3, 0.4) is 0 Å². The molecule has 0 unspecified atom stereocenters. The number of anilines is 1. The van der Waals surface area contributed by atoms with Crippen molar-refractivity contribution in [2.75, 3.05) is 18.0 Å². The van der Waals surface area contributed by atoms with Gasteiger partial charge in [-0.1, -0.05) is 24.3 Å². The molecule has 0 N–H and O–H groups in total. The first kappa shape index (κ1) is 19.1. The maximum absolute atomic E-state index is 13.5. The van der Waals surface area contributed by atoms with Gasteiger partial charge in [-0.3, -0.25) is 19.3 Å². The Balaban J connectivity index is 1.95. The van der Waals surface area contributed by atoms with Gasteiger partial charge in [-0.25, -0.2) is 4.39 Å². The molecule has 1 saturated heterocycles. The van der Waals surface area contributed by atoms with Crippen LogP contribution in [0.25, 0.3) is 0 Å². The number of carbonyl (C=O) groups is 3. The number of rotatable bonds is 3. The third-order valence-corrected chi connectivity index (χ3v) is 5.37. The number of fused-ring (bicyclic) bond motifs is 1. The molecule has 29 heavy (non-hydrogen) atoms. The van der Waals surface area contributed by atoms with Gasteiger partial charge in [-0.05, 0) is 43.5 Å². The Morgan fingerprint density at radius 2 is 1.48 bits per heavy atom. The normalized spacial score (nSPS) is 16.7. The third kappa shape index (κ3) is 3.35. The van der Waals surface area contributed by atoms with Crippen molar-refractivity contribution in [1.82, 2.24) is 4.90 Å². The van der Waals surface area contributed by atoms with Crippen molar-refractivity contribution >= 4 is 23.2 Å². The number of carbonyl (C=O) groups excluding carboxylic acids is 3. The Morgan fingerprint density at radius 3 is 2.07 bits per heavy atom. The third-order valence-electron chi connectivity index (χ3n) is 5.37. The van der Waals surface area contributed by atoms with E-state index in [1.54, 1.807) is 24.3 Å². The highest BCUT2D eigenvalue weighted by Gasteiger charge is 2.39. The smallest absolute Gasteiger partial charge is 0.228 e. The summed E-state index contributed by atoms with van der Waals surface area (Å²) in [6.07, 6.45) is 2.89. The Labute approximate surface area is 168 Å². The molecule has 4 rings (SSSR count). The Bertz CT molecular complexity index is 1020. The first-order chi connectivity index (χ1) is 14.0. The maximum atomic E-state index is 13.5. The molecular weight excluding hydrogens is 371 g/mol. The lowest BCUT2D eigenvalue weighted by Crippen LogP contribution is -2.43. The second-order valence-corrected chi connectivity index (χ2v) is 7.28. The number of benzene rings is 2. The SMILES string of the molecule is CC(=O)N(C1=C(N2CCCCC2)C(=O)c2ccccc2C1=O)c1ccc(F)cc1. The van der Waals surface area contributed by atoms with Crippen LogP contribution in [0, 0.1) is 5.82 Å². The summed E-state index contributed by atoms with van der Waals surface area (Å²) in [5, 5.41) is 0. The number of Topliss-reactive ketones (excluding diaryl/α,β-unsaturated/α-hetero) is 2. The van der Waals surface area contributed by atoms with Crippen LogP contribution in [0.2, 0.25) is 0 Å². The number of amides is 1. The number of piperidine rings is 1. The molecule has 0 bridgehead atoms. The van der Waals surface area contributed by atoms with Crippen LogP contribution in [-0.2, 0) is 4.79 Å². The Morgan fingerprint density at radius 1 is 0.897 bits per heavy atom. The van der Waals surface area contributed by atoms with Crippen molar-refractivity contribution in [3.63, 3.8) is 0 Å². The van der Waals surface area contributed by atoms with E-state index in [9.17, 15) is 18.8 Å². The molecule has 5 nitrogen and oxygen atoms in total. The van der Waals surface area contributed by atoms with Crippen LogP contribution in [0.1, 0.15) is 46.9 Å². The van der Waals surface area contributed by atoms with Gasteiger partial charge in [0.25, 0.3) is 0 Å². The van der Waals surface area contributed by atoms with Crippen molar-refractivity contribution in [3.05, 3.63) is 76.9 Å². The summed E-state index contributed by atoms with van der Waals surface area (Å²) in [6, 6.07) is 12.0. The quantitative estimate of drug-likeness (QED) is 0.794. The molecule has 0 radical (unpaired) electrons. The molecule has 148 valence electrons. The van der Waals surface area contributed by atoms with Gasteiger partial charge in [-0.2, -0.15) is 0 Å². The van der Waals surface area contributed by atoms with Gasteiger partial charge in [0, 0.05) is 36.8 Å². The molecule has 2 aromatic rings. The largest absolute Gasteiger partial charge is 0.367 e. The summed E-state index contributed by atoms with van der Waals surface area (Å²) in [7, 11) is 0. The van der Waals surface area contributed by atoms with Crippen molar-refractivity contribution in [2.45, 2.75) is 26.2 Å². The lowest BCUT2D eigenvalue weighted by atomic mass is 9.88. The van der Waals surface area contributed by atoms with Crippen molar-refractivity contribution in [2.24, 2.45) is 0 Å². The number of likely N-dealkylation sites (tertiary alicyclic amines) is 1. The fourth-order valence-corrected chi connectivity index (χ4v) is 4.03. The Kier molecular flexibility index (Phi) is 5.01. The summed E-state index contributed by atoms with van der Waals surface area (Å²) in [4.78, 5) is 42.7. The van der Waals surface area contributed by atoms with Crippen LogP contribution in [0.4, 0.5) is 10.1 Å². The van der Waals surface area contributed by atoms with E-state index in [0.717, 1.165) is 19.3 Å². The van der Waals surface area contributed by atoms with E-state index in [2.05, 4.69) is 0 Å². The van der Waals surface area contributed by atoms with Gasteiger partial charge in [0.15, 0.2) is 0 Å². The van der Waals surface area contributed by atoms with E-state index in [1.165, 1.54) is 36.1 Å². The number of nitrogens with zero attached hydrogens (tertiary/aromatic N) is 2. The Hall–Kier alpha value is -3.28. The molecular formula is C23H21FN2O3. The van der Waals surface area contributed by atoms with Crippen molar-refractivity contribution in [1.29, 1.82) is 0 Å². The van der Waals surface area contributed by atoms with Gasteiger partial charge >= 0.3 is 0 Å². The predicted octanol–water partition coefficient (Wildman–Crippen LogP) is 3.96. The van der Waals surface area contributed by atoms with E-state index >= 15 is 0 Å². The highest BCUT2D eigenvalue weighted by molar-refractivity contribution is 6.29. The first-order valence-corrected chi connectivity index (χ1v) is 9.73. The molecule has 1 amide bonds. The molecule has 0 aromatic heterocycles. The van der Waals surface area contributed by atoms with E-state index in [4.69, 9.17) is 0 Å². The minimum absolute atomic E-state index is 0.0507. The number of hydrogen-bond acceptors (Lipinski definition) is 4. The summed E-state index contributed by atoms with van der Waals surface area (Å²) in [6.45, 7) is 2.63. The molecule has 1 heterocycles. The fourth-order valence-electron chi connectivity index (χ4n) is 4.03. The summed E-state index contributed by atoms with van der Waals surface area (Å²) >= 11 is 0. The number of halogens is 1. The second-order valence-electron chi connectivity index (χ2n) is 7.28. The topological polar surface area (TPSA) is 57.7 Å². The summed E-state index contributed by atoms with van der Waals surface area (Å²) < 4.78 is 13.5. The fraction of sp³-hybridized carbons (Fsp3) is 0.261. The molecule has 6 heteroatoms. The van der Waals surface area contributed by atoms with Gasteiger partial charge in [-0.15, -0.1) is 0 Å². The maximum Gasteiger partial charge on any atom is 0.228 e. The van der Waals surface area contributed by atoms with E-state index in [-0.39, 0.29) is 28.5 Å². The van der Waals surface area contributed by atoms with Gasteiger partial charge in [0.05, 0.1) is 0 Å². The zero-order chi connectivity index (χ0) is 20.5. The minimum atomic E-state index is -0.445. The van der Waals surface area contributed by atoms with Gasteiger partial charge in [0.1, 0.15) is 17.2 Å². The van der Waals surface area contributed by atoms with Crippen LogP contribution >= 0.6 is 0 Å². The lowest BCUT2D eigenvalue weighted by Gasteiger charge is -2.36. The summed E-state index contributed by atoms with van der Waals surface area (Å²) in [5.74, 6) is -1.49. The predicted molar refractivity (Wildman–Crippen MR) is 107 cm³/mol. The monoisotopic (exact) mass is 392 g/mol. The molecule has 1 aliphatic carbocycles. The van der Waals surface area contributed by atoms with Gasteiger partial charge in [0.2, 0.25) is 17.5 Å². The van der Waals surface area contributed by atoms with Crippen molar-refractivity contribution < 1.29 is 18.8 Å². The van der Waals surface area contributed by atoms with Crippen LogP contribution in [-0.4, -0.2) is 35.5 Å². The van der Waals surface area contributed by atoms with Crippen LogP contribution in [0.5, 0.6) is 0 Å². The zero-order valence-corrected chi connectivity index (χ0v) is 16.2. The number of hydrogen-bond donors (Lipinski definition) is 0. The second kappa shape index (κ2) is 7.62. The van der Waals surface area contributed by atoms with Crippen LogP contribution in [0.15, 0.2) is 59.9 Å². The molecule has 2 aromatic carbocycles. The molecule has 0 saturated carbocycles. The average molecular weight is 392 g/mol. The highest BCUT2D eigenvalue weighted by Crippen LogP contribution is 2.34.